The van der Waals surface area contributed by atoms with Crippen molar-refractivity contribution in [3.63, 3.8) is 0 Å². The van der Waals surface area contributed by atoms with Gasteiger partial charge >= 0.3 is 0 Å². The fourth-order valence-electron chi connectivity index (χ4n) is 4.29. The van der Waals surface area contributed by atoms with E-state index in [1.165, 1.54) is 24.3 Å². The normalized spacial score (nSPS) is 20.5. The lowest BCUT2D eigenvalue weighted by Crippen LogP contribution is -2.30. The highest BCUT2D eigenvalue weighted by molar-refractivity contribution is 7.89. The van der Waals surface area contributed by atoms with Crippen molar-refractivity contribution >= 4 is 42.3 Å². The summed E-state index contributed by atoms with van der Waals surface area (Å²) in [4.78, 5) is 11.1. The minimum atomic E-state index is -3.97. The number of nitro groups is 1. The molecule has 2 aromatic rings. The van der Waals surface area contributed by atoms with Crippen molar-refractivity contribution in [2.45, 2.75) is 36.4 Å². The first-order valence-electron chi connectivity index (χ1n) is 11.1. The molecule has 0 aromatic heterocycles. The molecule has 0 spiro atoms. The van der Waals surface area contributed by atoms with Crippen LogP contribution in [0.5, 0.6) is 0 Å². The molecular formula is C21H27N3O9S2. The second kappa shape index (κ2) is 10.3. The SMILES string of the molecule is CS(=O)(=O)OCC1CNc2cc([N+](=O)[O-])c3cc(S(=O)(=O)NCCOC4CCCCO4)ccc3c21. The summed E-state index contributed by atoms with van der Waals surface area (Å²) < 4.78 is 67.0. The third-order valence-electron chi connectivity index (χ3n) is 5.90. The molecule has 0 aliphatic carbocycles. The van der Waals surface area contributed by atoms with Gasteiger partial charge in [-0.3, -0.25) is 14.3 Å². The molecule has 2 aliphatic rings. The van der Waals surface area contributed by atoms with E-state index < -0.39 is 25.1 Å². The molecule has 14 heteroatoms. The van der Waals surface area contributed by atoms with E-state index in [4.69, 9.17) is 13.7 Å². The molecule has 0 bridgehead atoms. The second-order valence-electron chi connectivity index (χ2n) is 8.45. The molecule has 1 fully saturated rings. The Hall–Kier alpha value is -2.36. The predicted octanol–water partition coefficient (Wildman–Crippen LogP) is 2.05. The van der Waals surface area contributed by atoms with Gasteiger partial charge in [-0.05, 0) is 42.3 Å². The van der Waals surface area contributed by atoms with E-state index in [0.717, 1.165) is 25.5 Å². The van der Waals surface area contributed by atoms with Crippen LogP contribution < -0.4 is 10.0 Å². The molecule has 4 rings (SSSR count). The standard InChI is InChI=1S/C21H27N3O9S2/c1-34(27,28)33-13-14-12-22-18-11-19(24(25)26)17-10-15(5-6-16(17)21(14)18)35(29,30)23-7-9-32-20-4-2-3-8-31-20/h5-6,10-11,14,20,22-23H,2-4,7-9,12-13H2,1H3. The van der Waals surface area contributed by atoms with Crippen LogP contribution in [0, 0.1) is 10.1 Å². The first kappa shape index (κ1) is 25.7. The van der Waals surface area contributed by atoms with E-state index >= 15 is 0 Å². The van der Waals surface area contributed by atoms with E-state index in [9.17, 15) is 26.9 Å². The van der Waals surface area contributed by atoms with Gasteiger partial charge in [-0.15, -0.1) is 0 Å². The minimum Gasteiger partial charge on any atom is -0.384 e. The molecule has 2 atom stereocenters. The molecular weight excluding hydrogens is 502 g/mol. The van der Waals surface area contributed by atoms with Crippen LogP contribution in [0.3, 0.4) is 0 Å². The number of non-ortho nitro benzene ring substituents is 1. The van der Waals surface area contributed by atoms with Crippen molar-refractivity contribution in [2.75, 3.05) is 44.5 Å². The van der Waals surface area contributed by atoms with Gasteiger partial charge in [0.15, 0.2) is 6.29 Å². The third kappa shape index (κ3) is 6.08. The third-order valence-corrected chi connectivity index (χ3v) is 7.92. The maximum Gasteiger partial charge on any atom is 0.279 e. The highest BCUT2D eigenvalue weighted by Gasteiger charge is 2.30. The zero-order valence-corrected chi connectivity index (χ0v) is 20.7. The maximum absolute atomic E-state index is 12.9. The Morgan fingerprint density at radius 2 is 2.00 bits per heavy atom. The number of ether oxygens (including phenoxy) is 2. The number of rotatable bonds is 10. The topological polar surface area (TPSA) is 163 Å². The van der Waals surface area contributed by atoms with Gasteiger partial charge < -0.3 is 14.8 Å². The van der Waals surface area contributed by atoms with Gasteiger partial charge in [-0.2, -0.15) is 8.42 Å². The number of benzene rings is 2. The zero-order valence-electron chi connectivity index (χ0n) is 19.1. The lowest BCUT2D eigenvalue weighted by Gasteiger charge is -2.22. The van der Waals surface area contributed by atoms with E-state index in [-0.39, 0.29) is 47.9 Å². The first-order chi connectivity index (χ1) is 16.5. The highest BCUT2D eigenvalue weighted by atomic mass is 32.2. The molecule has 0 amide bonds. The number of sulfonamides is 1. The van der Waals surface area contributed by atoms with Crippen LogP contribution in [0.4, 0.5) is 11.4 Å². The summed E-state index contributed by atoms with van der Waals surface area (Å²) in [5.41, 5.74) is 0.875. The van der Waals surface area contributed by atoms with Gasteiger partial charge in [0.2, 0.25) is 10.0 Å². The number of nitro benzene ring substituents is 1. The minimum absolute atomic E-state index is 0.0152. The van der Waals surface area contributed by atoms with Crippen molar-refractivity contribution in [1.29, 1.82) is 0 Å². The van der Waals surface area contributed by atoms with Crippen LogP contribution in [0.1, 0.15) is 30.7 Å². The lowest BCUT2D eigenvalue weighted by atomic mass is 9.94. The molecule has 0 saturated carbocycles. The van der Waals surface area contributed by atoms with Crippen LogP contribution in [-0.2, 0) is 33.8 Å². The molecule has 2 aliphatic heterocycles. The number of hydrogen-bond acceptors (Lipinski definition) is 10. The Labute approximate surface area is 203 Å². The predicted molar refractivity (Wildman–Crippen MR) is 127 cm³/mol. The summed E-state index contributed by atoms with van der Waals surface area (Å²) in [5.74, 6) is -0.386. The fraction of sp³-hybridized carbons (Fsp3) is 0.524. The van der Waals surface area contributed by atoms with E-state index in [2.05, 4.69) is 10.0 Å². The zero-order chi connectivity index (χ0) is 25.2. The Morgan fingerprint density at radius 1 is 1.20 bits per heavy atom. The van der Waals surface area contributed by atoms with Crippen LogP contribution in [0.25, 0.3) is 10.8 Å². The van der Waals surface area contributed by atoms with Crippen molar-refractivity contribution in [1.82, 2.24) is 4.72 Å². The van der Waals surface area contributed by atoms with Gasteiger partial charge in [-0.1, -0.05) is 6.07 Å². The maximum atomic E-state index is 12.9. The molecule has 1 saturated heterocycles. The number of nitrogens with one attached hydrogen (secondary N) is 2. The Morgan fingerprint density at radius 3 is 2.69 bits per heavy atom. The number of fused-ring (bicyclic) bond motifs is 3. The van der Waals surface area contributed by atoms with Crippen LogP contribution in [-0.4, -0.2) is 67.2 Å². The molecule has 0 radical (unpaired) electrons. The van der Waals surface area contributed by atoms with Gasteiger partial charge in [0.1, 0.15) is 0 Å². The Balaban J connectivity index is 1.58. The van der Waals surface area contributed by atoms with Crippen LogP contribution in [0.2, 0.25) is 0 Å². The van der Waals surface area contributed by atoms with E-state index in [1.807, 2.05) is 0 Å². The summed E-state index contributed by atoms with van der Waals surface area (Å²) in [6.45, 7) is 0.943. The molecule has 2 heterocycles. The Bertz CT molecular complexity index is 1320. The number of hydrogen-bond donors (Lipinski definition) is 2. The fourth-order valence-corrected chi connectivity index (χ4v) is 5.74. The summed E-state index contributed by atoms with van der Waals surface area (Å²) in [6, 6.07) is 5.46. The number of anilines is 1. The summed E-state index contributed by atoms with van der Waals surface area (Å²) in [7, 11) is -7.64. The number of nitrogens with zero attached hydrogens (tertiary/aromatic N) is 1. The van der Waals surface area contributed by atoms with Crippen LogP contribution >= 0.6 is 0 Å². The van der Waals surface area contributed by atoms with Crippen molar-refractivity contribution in [3.8, 4) is 0 Å². The monoisotopic (exact) mass is 529 g/mol. The van der Waals surface area contributed by atoms with E-state index in [0.29, 0.717) is 29.8 Å². The molecule has 35 heavy (non-hydrogen) atoms. The highest BCUT2D eigenvalue weighted by Crippen LogP contribution is 2.42. The quantitative estimate of drug-likeness (QED) is 0.201. The van der Waals surface area contributed by atoms with Gasteiger partial charge in [0.05, 0.1) is 34.7 Å². The van der Waals surface area contributed by atoms with Crippen LogP contribution in [0.15, 0.2) is 29.2 Å². The molecule has 2 unspecified atom stereocenters. The molecule has 12 nitrogen and oxygen atoms in total. The Kier molecular flexibility index (Phi) is 7.59. The first-order valence-corrected chi connectivity index (χ1v) is 14.4. The van der Waals surface area contributed by atoms with Gasteiger partial charge in [0, 0.05) is 37.4 Å². The summed E-state index contributed by atoms with van der Waals surface area (Å²) in [6.07, 6.45) is 3.34. The second-order valence-corrected chi connectivity index (χ2v) is 11.9. The summed E-state index contributed by atoms with van der Waals surface area (Å²) >= 11 is 0. The summed E-state index contributed by atoms with van der Waals surface area (Å²) in [5, 5.41) is 15.4. The largest absolute Gasteiger partial charge is 0.384 e. The average Bonchev–Trinajstić information content (AvgIpc) is 3.23. The molecule has 2 aromatic carbocycles. The van der Waals surface area contributed by atoms with Gasteiger partial charge in [0.25, 0.3) is 15.8 Å². The average molecular weight is 530 g/mol. The smallest absolute Gasteiger partial charge is 0.279 e. The van der Waals surface area contributed by atoms with Crippen molar-refractivity contribution in [3.05, 3.63) is 39.9 Å². The van der Waals surface area contributed by atoms with Crippen molar-refractivity contribution < 1.29 is 35.4 Å². The van der Waals surface area contributed by atoms with Crippen molar-refractivity contribution in [2.24, 2.45) is 0 Å². The molecule has 2 N–H and O–H groups in total. The van der Waals surface area contributed by atoms with E-state index in [1.54, 1.807) is 0 Å². The molecule has 192 valence electrons. The van der Waals surface area contributed by atoms with Gasteiger partial charge in [-0.25, -0.2) is 13.1 Å². The lowest BCUT2D eigenvalue weighted by molar-refractivity contribution is -0.383.